The van der Waals surface area contributed by atoms with Gasteiger partial charge in [-0.2, -0.15) is 0 Å². The van der Waals surface area contributed by atoms with E-state index in [1.165, 1.54) is 43.4 Å². The Labute approximate surface area is 123 Å². The maximum Gasteiger partial charge on any atom is 0.226 e. The van der Waals surface area contributed by atoms with Gasteiger partial charge in [-0.15, -0.1) is 11.3 Å². The summed E-state index contributed by atoms with van der Waals surface area (Å²) in [6.07, 6.45) is 8.02. The molecule has 110 valence electrons. The lowest BCUT2D eigenvalue weighted by atomic mass is 9.86. The van der Waals surface area contributed by atoms with Crippen LogP contribution in [-0.4, -0.2) is 21.8 Å². The van der Waals surface area contributed by atoms with Gasteiger partial charge in [-0.25, -0.2) is 4.98 Å². The first-order valence-electron chi connectivity index (χ1n) is 7.13. The zero-order valence-electron chi connectivity index (χ0n) is 11.8. The summed E-state index contributed by atoms with van der Waals surface area (Å²) in [6, 6.07) is 0. The van der Waals surface area contributed by atoms with Crippen LogP contribution in [0.4, 0.5) is 5.13 Å². The number of thiazole rings is 1. The molecule has 1 aromatic rings. The zero-order chi connectivity index (χ0) is 14.4. The molecule has 0 unspecified atom stereocenters. The maximum atomic E-state index is 11.9. The minimum atomic E-state index is 0.0232. The fourth-order valence-corrected chi connectivity index (χ4v) is 3.31. The molecule has 2 rings (SSSR count). The number of nitrogens with one attached hydrogen (secondary N) is 1. The van der Waals surface area contributed by atoms with E-state index in [1.54, 1.807) is 12.3 Å². The summed E-state index contributed by atoms with van der Waals surface area (Å²) >= 11 is 1.35. The lowest BCUT2D eigenvalue weighted by molar-refractivity contribution is -0.116. The molecule has 0 atom stereocenters. The molecule has 1 aromatic heterocycles. The second kappa shape index (κ2) is 7.38. The van der Waals surface area contributed by atoms with Crippen molar-refractivity contribution in [2.45, 2.75) is 51.9 Å². The predicted molar refractivity (Wildman–Crippen MR) is 80.6 cm³/mol. The first kappa shape index (κ1) is 15.0. The number of hydrogen-bond donors (Lipinski definition) is 2. The second-order valence-corrected chi connectivity index (χ2v) is 6.17. The average molecular weight is 295 g/mol. The van der Waals surface area contributed by atoms with Crippen molar-refractivity contribution in [1.82, 2.24) is 4.98 Å². The number of oxime groups is 1. The van der Waals surface area contributed by atoms with Crippen LogP contribution in [0.25, 0.3) is 0 Å². The molecule has 1 heterocycles. The number of nitrogens with zero attached hydrogens (tertiary/aromatic N) is 2. The molecule has 1 fully saturated rings. The lowest BCUT2D eigenvalue weighted by Crippen LogP contribution is -2.14. The highest BCUT2D eigenvalue weighted by atomic mass is 32.1. The molecule has 0 aliphatic heterocycles. The molecule has 0 saturated heterocycles. The van der Waals surface area contributed by atoms with Crippen molar-refractivity contribution in [3.05, 3.63) is 11.1 Å². The number of carbonyl (C=O) groups excluding carboxylic acids is 1. The Morgan fingerprint density at radius 1 is 1.50 bits per heavy atom. The molecule has 2 N–H and O–H groups in total. The van der Waals surface area contributed by atoms with E-state index in [0.717, 1.165) is 6.42 Å². The lowest BCUT2D eigenvalue weighted by Gasteiger charge is -2.20. The molecule has 0 spiro atoms. The highest BCUT2D eigenvalue weighted by Gasteiger charge is 2.15. The van der Waals surface area contributed by atoms with Crippen LogP contribution in [0.2, 0.25) is 0 Å². The van der Waals surface area contributed by atoms with Crippen molar-refractivity contribution >= 4 is 28.1 Å². The summed E-state index contributed by atoms with van der Waals surface area (Å²) in [5.74, 6) is 0.736. The van der Waals surface area contributed by atoms with E-state index in [4.69, 9.17) is 5.21 Å². The van der Waals surface area contributed by atoms with Gasteiger partial charge in [0.05, 0.1) is 0 Å². The van der Waals surface area contributed by atoms with Crippen molar-refractivity contribution < 1.29 is 10.0 Å². The van der Waals surface area contributed by atoms with Gasteiger partial charge in [0.15, 0.2) is 5.13 Å². The van der Waals surface area contributed by atoms with Crippen molar-refractivity contribution in [3.8, 4) is 0 Å². The summed E-state index contributed by atoms with van der Waals surface area (Å²) in [5.41, 5.74) is 1.05. The van der Waals surface area contributed by atoms with Gasteiger partial charge >= 0.3 is 0 Å². The normalized spacial score (nSPS) is 17.1. The number of aromatic nitrogens is 1. The minimum Gasteiger partial charge on any atom is -0.411 e. The Kier molecular flexibility index (Phi) is 5.52. The molecule has 6 heteroatoms. The fraction of sp³-hybridized carbons (Fsp3) is 0.643. The van der Waals surface area contributed by atoms with Crippen LogP contribution >= 0.6 is 11.3 Å². The largest absolute Gasteiger partial charge is 0.411 e. The molecular weight excluding hydrogens is 274 g/mol. The minimum absolute atomic E-state index is 0.0232. The van der Waals surface area contributed by atoms with Gasteiger partial charge < -0.3 is 10.5 Å². The smallest absolute Gasteiger partial charge is 0.226 e. The van der Waals surface area contributed by atoms with Crippen molar-refractivity contribution in [2.24, 2.45) is 11.1 Å². The van der Waals surface area contributed by atoms with Crippen LogP contribution in [0.3, 0.4) is 0 Å². The van der Waals surface area contributed by atoms with E-state index < -0.39 is 0 Å². The molecular formula is C14H21N3O2S. The summed E-state index contributed by atoms with van der Waals surface area (Å²) < 4.78 is 0. The van der Waals surface area contributed by atoms with Gasteiger partial charge in [-0.05, 0) is 19.3 Å². The third kappa shape index (κ3) is 4.30. The van der Waals surface area contributed by atoms with Gasteiger partial charge in [0.25, 0.3) is 0 Å². The summed E-state index contributed by atoms with van der Waals surface area (Å²) in [5, 5.41) is 16.9. The highest BCUT2D eigenvalue weighted by molar-refractivity contribution is 7.14. The molecule has 1 saturated carbocycles. The number of carbonyl (C=O) groups is 1. The van der Waals surface area contributed by atoms with Gasteiger partial charge in [0.2, 0.25) is 5.91 Å². The Morgan fingerprint density at radius 2 is 2.25 bits per heavy atom. The van der Waals surface area contributed by atoms with E-state index in [2.05, 4.69) is 15.5 Å². The number of anilines is 1. The number of amides is 1. The topological polar surface area (TPSA) is 74.6 Å². The molecule has 1 aliphatic carbocycles. The summed E-state index contributed by atoms with van der Waals surface area (Å²) in [4.78, 5) is 16.1. The summed E-state index contributed by atoms with van der Waals surface area (Å²) in [6.45, 7) is 1.67. The van der Waals surface area contributed by atoms with E-state index in [1.807, 2.05) is 0 Å². The Balaban J connectivity index is 1.77. The molecule has 1 aliphatic rings. The summed E-state index contributed by atoms with van der Waals surface area (Å²) in [7, 11) is 0. The first-order chi connectivity index (χ1) is 9.69. The first-order valence-corrected chi connectivity index (χ1v) is 8.01. The van der Waals surface area contributed by atoms with Gasteiger partial charge in [0, 0.05) is 11.8 Å². The van der Waals surface area contributed by atoms with E-state index in [0.29, 0.717) is 28.9 Å². The van der Waals surface area contributed by atoms with E-state index >= 15 is 0 Å². The van der Waals surface area contributed by atoms with Gasteiger partial charge in [-0.1, -0.05) is 37.3 Å². The quantitative estimate of drug-likeness (QED) is 0.495. The highest BCUT2D eigenvalue weighted by Crippen LogP contribution is 2.27. The Morgan fingerprint density at radius 3 is 2.95 bits per heavy atom. The molecule has 1 amide bonds. The Hall–Kier alpha value is -1.43. The monoisotopic (exact) mass is 295 g/mol. The molecule has 5 nitrogen and oxygen atoms in total. The van der Waals surface area contributed by atoms with Gasteiger partial charge in [0.1, 0.15) is 11.4 Å². The van der Waals surface area contributed by atoms with E-state index in [9.17, 15) is 4.79 Å². The van der Waals surface area contributed by atoms with Crippen LogP contribution in [-0.2, 0) is 4.79 Å². The van der Waals surface area contributed by atoms with Gasteiger partial charge in [-0.3, -0.25) is 4.79 Å². The molecule has 0 radical (unpaired) electrons. The SMILES string of the molecule is CC(=NO)c1csc(NC(=O)CCC2CCCCC2)n1. The van der Waals surface area contributed by atoms with Crippen LogP contribution in [0.1, 0.15) is 57.6 Å². The predicted octanol–water partition coefficient (Wildman–Crippen LogP) is 3.64. The third-order valence-electron chi connectivity index (χ3n) is 3.78. The average Bonchev–Trinajstić information content (AvgIpc) is 2.94. The molecule has 0 bridgehead atoms. The third-order valence-corrected chi connectivity index (χ3v) is 4.53. The standard InChI is InChI=1S/C14H21N3O2S/c1-10(17-19)12-9-20-14(15-12)16-13(18)8-7-11-5-3-2-4-6-11/h9,11,19H,2-8H2,1H3,(H,15,16,18). The maximum absolute atomic E-state index is 11.9. The Bertz CT molecular complexity index is 479. The van der Waals surface area contributed by atoms with Crippen molar-refractivity contribution in [1.29, 1.82) is 0 Å². The van der Waals surface area contributed by atoms with Crippen molar-refractivity contribution in [2.75, 3.05) is 5.32 Å². The van der Waals surface area contributed by atoms with Crippen LogP contribution < -0.4 is 5.32 Å². The fourth-order valence-electron chi connectivity index (χ4n) is 2.54. The number of rotatable bonds is 5. The van der Waals surface area contributed by atoms with Crippen LogP contribution in [0.5, 0.6) is 0 Å². The zero-order valence-corrected chi connectivity index (χ0v) is 12.6. The molecule has 0 aromatic carbocycles. The van der Waals surface area contributed by atoms with Crippen LogP contribution in [0.15, 0.2) is 10.5 Å². The number of hydrogen-bond acceptors (Lipinski definition) is 5. The van der Waals surface area contributed by atoms with E-state index in [-0.39, 0.29) is 5.91 Å². The van der Waals surface area contributed by atoms with Crippen LogP contribution in [0, 0.1) is 5.92 Å². The van der Waals surface area contributed by atoms with Crippen molar-refractivity contribution in [3.63, 3.8) is 0 Å². The molecule has 20 heavy (non-hydrogen) atoms. The second-order valence-electron chi connectivity index (χ2n) is 5.31.